The van der Waals surface area contributed by atoms with Crippen molar-refractivity contribution in [3.63, 3.8) is 0 Å². The minimum absolute atomic E-state index is 0. The van der Waals surface area contributed by atoms with E-state index in [4.69, 9.17) is 5.73 Å². The summed E-state index contributed by atoms with van der Waals surface area (Å²) in [5.41, 5.74) is 6.71. The predicted molar refractivity (Wildman–Crippen MR) is 89.8 cm³/mol. The van der Waals surface area contributed by atoms with Crippen molar-refractivity contribution in [3.05, 3.63) is 28.2 Å². The quantitative estimate of drug-likeness (QED) is 0.557. The maximum atomic E-state index is 11.7. The lowest BCUT2D eigenvalue weighted by atomic mass is 10.2. The molecular formula is C13H18BrClN4O3. The summed E-state index contributed by atoms with van der Waals surface area (Å²) in [6, 6.07) is 5.38. The van der Waals surface area contributed by atoms with Crippen molar-refractivity contribution >= 4 is 51.7 Å². The lowest BCUT2D eigenvalue weighted by molar-refractivity contribution is -0.126. The molecule has 22 heavy (non-hydrogen) atoms. The Morgan fingerprint density at radius 3 is 2.27 bits per heavy atom. The highest BCUT2D eigenvalue weighted by Crippen LogP contribution is 2.19. The molecule has 0 aliphatic rings. The number of anilines is 1. The molecule has 1 aromatic rings. The smallest absolute Gasteiger partial charge is 0.243 e. The molecule has 0 aromatic heterocycles. The van der Waals surface area contributed by atoms with E-state index in [-0.39, 0.29) is 37.9 Å². The van der Waals surface area contributed by atoms with Crippen LogP contribution in [0.25, 0.3) is 0 Å². The van der Waals surface area contributed by atoms with E-state index in [9.17, 15) is 14.4 Å². The lowest BCUT2D eigenvalue weighted by Gasteiger charge is -2.08. The molecule has 0 saturated carbocycles. The lowest BCUT2D eigenvalue weighted by Crippen LogP contribution is -2.41. The van der Waals surface area contributed by atoms with E-state index in [0.29, 0.717) is 5.69 Å². The van der Waals surface area contributed by atoms with Gasteiger partial charge in [-0.05, 0) is 30.7 Å². The van der Waals surface area contributed by atoms with Gasteiger partial charge in [0, 0.05) is 10.2 Å². The van der Waals surface area contributed by atoms with Crippen LogP contribution < -0.4 is 21.7 Å². The van der Waals surface area contributed by atoms with Crippen LogP contribution in [0.2, 0.25) is 0 Å². The summed E-state index contributed by atoms with van der Waals surface area (Å²) in [6.45, 7) is 1.34. The Balaban J connectivity index is 0.00000441. The Morgan fingerprint density at radius 1 is 1.09 bits per heavy atom. The minimum atomic E-state index is -0.459. The topological polar surface area (TPSA) is 113 Å². The number of rotatable bonds is 6. The fraction of sp³-hybridized carbons (Fsp3) is 0.308. The number of amides is 3. The maximum absolute atomic E-state index is 11.7. The molecule has 0 aliphatic carbocycles. The average Bonchev–Trinajstić information content (AvgIpc) is 2.46. The Morgan fingerprint density at radius 2 is 1.68 bits per heavy atom. The largest absolute Gasteiger partial charge is 0.346 e. The summed E-state index contributed by atoms with van der Waals surface area (Å²) in [5.74, 6) is -1.24. The van der Waals surface area contributed by atoms with Gasteiger partial charge in [-0.2, -0.15) is 0 Å². The standard InChI is InChI=1S/C13H17BrN4O3.ClH/c1-8-4-9(2-3-10(8)14)18-13(21)7-17-12(20)6-16-11(19)5-15;/h2-4H,5-7,15H2,1H3,(H,16,19)(H,17,20)(H,18,21);1H. The summed E-state index contributed by atoms with van der Waals surface area (Å²) in [4.78, 5) is 33.9. The number of aryl methyl sites for hydroxylation is 1. The predicted octanol–water partition coefficient (Wildman–Crippen LogP) is 0.309. The number of nitrogens with one attached hydrogen (secondary N) is 3. The number of halogens is 2. The molecule has 0 radical (unpaired) electrons. The zero-order valence-electron chi connectivity index (χ0n) is 11.9. The summed E-state index contributed by atoms with van der Waals surface area (Å²) in [7, 11) is 0. The molecule has 5 N–H and O–H groups in total. The van der Waals surface area contributed by atoms with Gasteiger partial charge in [-0.25, -0.2) is 0 Å². The molecule has 0 spiro atoms. The van der Waals surface area contributed by atoms with Gasteiger partial charge in [-0.3, -0.25) is 14.4 Å². The van der Waals surface area contributed by atoms with Crippen LogP contribution in [0.1, 0.15) is 5.56 Å². The Hall–Kier alpha value is -1.64. The molecule has 3 amide bonds. The number of hydrogen-bond donors (Lipinski definition) is 4. The van der Waals surface area contributed by atoms with Crippen LogP contribution >= 0.6 is 28.3 Å². The van der Waals surface area contributed by atoms with Crippen molar-refractivity contribution in [1.29, 1.82) is 0 Å². The second-order valence-electron chi connectivity index (χ2n) is 4.27. The van der Waals surface area contributed by atoms with Crippen molar-refractivity contribution in [3.8, 4) is 0 Å². The molecule has 0 saturated heterocycles. The highest BCUT2D eigenvalue weighted by molar-refractivity contribution is 9.10. The average molecular weight is 394 g/mol. The monoisotopic (exact) mass is 392 g/mol. The van der Waals surface area contributed by atoms with Gasteiger partial charge >= 0.3 is 0 Å². The van der Waals surface area contributed by atoms with E-state index in [2.05, 4.69) is 31.9 Å². The van der Waals surface area contributed by atoms with E-state index in [1.807, 2.05) is 19.1 Å². The molecule has 1 aromatic carbocycles. The van der Waals surface area contributed by atoms with Gasteiger partial charge in [0.15, 0.2) is 0 Å². The van der Waals surface area contributed by atoms with Crippen LogP contribution in [-0.2, 0) is 14.4 Å². The van der Waals surface area contributed by atoms with Gasteiger partial charge in [0.1, 0.15) is 0 Å². The second-order valence-corrected chi connectivity index (χ2v) is 5.12. The number of nitrogens with two attached hydrogens (primary N) is 1. The Bertz CT molecular complexity index is 554. The number of carbonyl (C=O) groups is 3. The summed E-state index contributed by atoms with van der Waals surface area (Å²) >= 11 is 3.37. The molecule has 0 bridgehead atoms. The fourth-order valence-electron chi connectivity index (χ4n) is 1.42. The Labute approximate surface area is 142 Å². The molecule has 0 heterocycles. The number of benzene rings is 1. The molecule has 0 fully saturated rings. The highest BCUT2D eigenvalue weighted by Gasteiger charge is 2.07. The van der Waals surface area contributed by atoms with Gasteiger partial charge in [-0.15, -0.1) is 12.4 Å². The Kier molecular flexibility index (Phi) is 9.39. The van der Waals surface area contributed by atoms with E-state index >= 15 is 0 Å². The first-order valence-corrected chi connectivity index (χ1v) is 7.01. The zero-order chi connectivity index (χ0) is 15.8. The van der Waals surface area contributed by atoms with Crippen molar-refractivity contribution < 1.29 is 14.4 Å². The summed E-state index contributed by atoms with van der Waals surface area (Å²) in [5, 5.41) is 7.36. The fourth-order valence-corrected chi connectivity index (χ4v) is 1.67. The van der Waals surface area contributed by atoms with Crippen molar-refractivity contribution in [2.45, 2.75) is 6.92 Å². The van der Waals surface area contributed by atoms with Crippen LogP contribution in [0.15, 0.2) is 22.7 Å². The van der Waals surface area contributed by atoms with Gasteiger partial charge in [0.25, 0.3) is 0 Å². The van der Waals surface area contributed by atoms with Crippen LogP contribution in [0.3, 0.4) is 0 Å². The van der Waals surface area contributed by atoms with Gasteiger partial charge < -0.3 is 21.7 Å². The second kappa shape index (κ2) is 10.1. The molecule has 0 unspecified atom stereocenters. The third-order valence-corrected chi connectivity index (χ3v) is 3.41. The molecule has 9 heteroatoms. The van der Waals surface area contributed by atoms with Gasteiger partial charge in [0.2, 0.25) is 17.7 Å². The zero-order valence-corrected chi connectivity index (χ0v) is 14.3. The minimum Gasteiger partial charge on any atom is -0.346 e. The first-order chi connectivity index (χ1) is 9.92. The van der Waals surface area contributed by atoms with Crippen LogP contribution in [-0.4, -0.2) is 37.4 Å². The van der Waals surface area contributed by atoms with E-state index in [1.54, 1.807) is 6.07 Å². The van der Waals surface area contributed by atoms with Crippen molar-refractivity contribution in [1.82, 2.24) is 10.6 Å². The van der Waals surface area contributed by atoms with Crippen LogP contribution in [0.4, 0.5) is 5.69 Å². The highest BCUT2D eigenvalue weighted by atomic mass is 79.9. The number of hydrogen-bond acceptors (Lipinski definition) is 4. The third-order valence-electron chi connectivity index (χ3n) is 2.52. The van der Waals surface area contributed by atoms with Crippen LogP contribution in [0, 0.1) is 6.92 Å². The first kappa shape index (κ1) is 20.4. The van der Waals surface area contributed by atoms with E-state index < -0.39 is 11.8 Å². The van der Waals surface area contributed by atoms with E-state index in [1.165, 1.54) is 0 Å². The normalized spacial score (nSPS) is 9.41. The maximum Gasteiger partial charge on any atom is 0.243 e. The van der Waals surface area contributed by atoms with Crippen molar-refractivity contribution in [2.75, 3.05) is 25.0 Å². The van der Waals surface area contributed by atoms with Crippen molar-refractivity contribution in [2.24, 2.45) is 5.73 Å². The molecule has 7 nitrogen and oxygen atoms in total. The first-order valence-electron chi connectivity index (χ1n) is 6.22. The third kappa shape index (κ3) is 7.39. The SMILES string of the molecule is Cc1cc(NC(=O)CNC(=O)CNC(=O)CN)ccc1Br.Cl. The summed E-state index contributed by atoms with van der Waals surface area (Å²) in [6.07, 6.45) is 0. The molecule has 1 rings (SSSR count). The molecule has 0 atom stereocenters. The molecule has 0 aliphatic heterocycles. The molecular weight excluding hydrogens is 376 g/mol. The summed E-state index contributed by atoms with van der Waals surface area (Å²) < 4.78 is 0.949. The number of carbonyl (C=O) groups excluding carboxylic acids is 3. The van der Waals surface area contributed by atoms with Crippen LogP contribution in [0.5, 0.6) is 0 Å². The van der Waals surface area contributed by atoms with Gasteiger partial charge in [-0.1, -0.05) is 15.9 Å². The van der Waals surface area contributed by atoms with E-state index in [0.717, 1.165) is 10.0 Å². The van der Waals surface area contributed by atoms with Gasteiger partial charge in [0.05, 0.1) is 19.6 Å². The molecule has 122 valence electrons.